The van der Waals surface area contributed by atoms with Crippen LogP contribution in [0.1, 0.15) is 30.7 Å². The van der Waals surface area contributed by atoms with Crippen LogP contribution in [0.5, 0.6) is 0 Å². The lowest BCUT2D eigenvalue weighted by Gasteiger charge is -2.39. The van der Waals surface area contributed by atoms with Crippen molar-refractivity contribution < 1.29 is 4.74 Å². The van der Waals surface area contributed by atoms with Gasteiger partial charge < -0.3 is 9.64 Å². The van der Waals surface area contributed by atoms with Gasteiger partial charge in [-0.2, -0.15) is 0 Å². The Balaban J connectivity index is 2.37. The molecule has 2 heterocycles. The number of hydrogen-bond donors (Lipinski definition) is 0. The molecule has 1 aromatic rings. The topological polar surface area (TPSA) is 25.4 Å². The quantitative estimate of drug-likeness (QED) is 0.771. The first-order valence-corrected chi connectivity index (χ1v) is 6.88. The summed E-state index contributed by atoms with van der Waals surface area (Å²) in [5.41, 5.74) is 3.28. The molecule has 100 valence electrons. The van der Waals surface area contributed by atoms with E-state index in [0.717, 1.165) is 36.8 Å². The Labute approximate surface area is 114 Å². The molecule has 0 bridgehead atoms. The maximum Gasteiger partial charge on any atom is 0.133 e. The van der Waals surface area contributed by atoms with Crippen LogP contribution in [0.2, 0.25) is 0 Å². The van der Waals surface area contributed by atoms with E-state index in [1.165, 1.54) is 5.56 Å². The van der Waals surface area contributed by atoms with Crippen LogP contribution >= 0.6 is 11.6 Å². The van der Waals surface area contributed by atoms with Gasteiger partial charge in [-0.1, -0.05) is 0 Å². The molecule has 1 aliphatic heterocycles. The molecule has 4 heteroatoms. The van der Waals surface area contributed by atoms with E-state index in [4.69, 9.17) is 16.3 Å². The van der Waals surface area contributed by atoms with Crippen molar-refractivity contribution in [3.8, 4) is 0 Å². The second-order valence-electron chi connectivity index (χ2n) is 5.55. The maximum atomic E-state index is 6.08. The van der Waals surface area contributed by atoms with Gasteiger partial charge in [0.25, 0.3) is 0 Å². The molecule has 0 atom stereocenters. The van der Waals surface area contributed by atoms with Crippen molar-refractivity contribution in [1.29, 1.82) is 0 Å². The Morgan fingerprint density at radius 1 is 1.44 bits per heavy atom. The van der Waals surface area contributed by atoms with E-state index in [2.05, 4.69) is 36.7 Å². The lowest BCUT2D eigenvalue weighted by molar-refractivity contribution is -0.0279. The minimum Gasteiger partial charge on any atom is -0.372 e. The van der Waals surface area contributed by atoms with E-state index in [9.17, 15) is 0 Å². The van der Waals surface area contributed by atoms with Crippen LogP contribution in [0.4, 0.5) is 5.82 Å². The third-order valence-electron chi connectivity index (χ3n) is 3.31. The maximum absolute atomic E-state index is 6.08. The van der Waals surface area contributed by atoms with Crippen molar-refractivity contribution in [2.24, 2.45) is 0 Å². The Hall–Kier alpha value is -0.800. The predicted octanol–water partition coefficient (Wildman–Crippen LogP) is 3.05. The summed E-state index contributed by atoms with van der Waals surface area (Å²) in [7, 11) is 0. The van der Waals surface area contributed by atoms with Crippen molar-refractivity contribution in [3.05, 3.63) is 22.9 Å². The number of halogens is 1. The van der Waals surface area contributed by atoms with Gasteiger partial charge in [0, 0.05) is 24.3 Å². The first kappa shape index (κ1) is 13.6. The summed E-state index contributed by atoms with van der Waals surface area (Å²) in [5, 5.41) is 0. The number of nitrogens with zero attached hydrogens (tertiary/aromatic N) is 2. The minimum atomic E-state index is -0.124. The molecule has 1 aromatic heterocycles. The Morgan fingerprint density at radius 3 is 2.78 bits per heavy atom. The molecule has 0 N–H and O–H groups in total. The molecule has 1 fully saturated rings. The minimum absolute atomic E-state index is 0.124. The third kappa shape index (κ3) is 2.78. The summed E-state index contributed by atoms with van der Waals surface area (Å²) >= 11 is 6.08. The van der Waals surface area contributed by atoms with Crippen molar-refractivity contribution in [2.75, 3.05) is 24.6 Å². The zero-order chi connectivity index (χ0) is 13.3. The van der Waals surface area contributed by atoms with Crippen LogP contribution < -0.4 is 4.90 Å². The molecule has 0 radical (unpaired) electrons. The van der Waals surface area contributed by atoms with Gasteiger partial charge >= 0.3 is 0 Å². The molecule has 0 unspecified atom stereocenters. The first-order chi connectivity index (χ1) is 8.43. The fraction of sp³-hybridized carbons (Fsp3) is 0.643. The summed E-state index contributed by atoms with van der Waals surface area (Å²) in [4.78, 5) is 6.97. The zero-order valence-electron chi connectivity index (χ0n) is 11.6. The fourth-order valence-corrected chi connectivity index (χ4v) is 2.80. The molecule has 0 saturated carbocycles. The average Bonchev–Trinajstić information content (AvgIpc) is 2.26. The van der Waals surface area contributed by atoms with Crippen molar-refractivity contribution in [3.63, 3.8) is 0 Å². The number of anilines is 1. The lowest BCUT2D eigenvalue weighted by atomic mass is 10.1. The van der Waals surface area contributed by atoms with E-state index in [0.29, 0.717) is 5.88 Å². The van der Waals surface area contributed by atoms with Gasteiger partial charge in [-0.25, -0.2) is 4.98 Å². The SMILES string of the molecule is Cc1cc(C)c(CCl)c(N2CCOC(C)(C)C2)n1. The predicted molar refractivity (Wildman–Crippen MR) is 75.5 cm³/mol. The molecular weight excluding hydrogens is 248 g/mol. The van der Waals surface area contributed by atoms with Crippen LogP contribution in [0.25, 0.3) is 0 Å². The molecule has 1 saturated heterocycles. The summed E-state index contributed by atoms with van der Waals surface area (Å²) in [5.74, 6) is 1.53. The van der Waals surface area contributed by atoms with Crippen LogP contribution in [0, 0.1) is 13.8 Å². The highest BCUT2D eigenvalue weighted by Gasteiger charge is 2.29. The highest BCUT2D eigenvalue weighted by atomic mass is 35.5. The monoisotopic (exact) mass is 268 g/mol. The van der Waals surface area contributed by atoms with E-state index in [-0.39, 0.29) is 5.60 Å². The molecule has 0 aromatic carbocycles. The average molecular weight is 269 g/mol. The Kier molecular flexibility index (Phi) is 3.83. The number of morpholine rings is 1. The number of aryl methyl sites for hydroxylation is 2. The van der Waals surface area contributed by atoms with Crippen LogP contribution in [-0.2, 0) is 10.6 Å². The fourth-order valence-electron chi connectivity index (χ4n) is 2.47. The van der Waals surface area contributed by atoms with Crippen molar-refractivity contribution >= 4 is 17.4 Å². The van der Waals surface area contributed by atoms with Gasteiger partial charge in [0.1, 0.15) is 5.82 Å². The highest BCUT2D eigenvalue weighted by Crippen LogP contribution is 2.28. The summed E-state index contributed by atoms with van der Waals surface area (Å²) in [6.07, 6.45) is 0. The third-order valence-corrected chi connectivity index (χ3v) is 3.58. The van der Waals surface area contributed by atoms with E-state index in [1.807, 2.05) is 6.92 Å². The van der Waals surface area contributed by atoms with Crippen LogP contribution in [0.3, 0.4) is 0 Å². The highest BCUT2D eigenvalue weighted by molar-refractivity contribution is 6.17. The standard InChI is InChI=1S/C14H21ClN2O/c1-10-7-11(2)16-13(12(10)8-15)17-5-6-18-14(3,4)9-17/h7H,5-6,8-9H2,1-4H3. The Bertz CT molecular complexity index is 446. The molecule has 0 aliphatic carbocycles. The van der Waals surface area contributed by atoms with E-state index >= 15 is 0 Å². The summed E-state index contributed by atoms with van der Waals surface area (Å²) in [6, 6.07) is 2.09. The molecule has 0 amide bonds. The van der Waals surface area contributed by atoms with Crippen molar-refractivity contribution in [2.45, 2.75) is 39.2 Å². The largest absolute Gasteiger partial charge is 0.372 e. The molecule has 18 heavy (non-hydrogen) atoms. The lowest BCUT2D eigenvalue weighted by Crippen LogP contribution is -2.49. The van der Waals surface area contributed by atoms with Gasteiger partial charge in [0.05, 0.1) is 18.1 Å². The summed E-state index contributed by atoms with van der Waals surface area (Å²) < 4.78 is 5.75. The molecule has 2 rings (SSSR count). The van der Waals surface area contributed by atoms with Crippen molar-refractivity contribution in [1.82, 2.24) is 4.98 Å². The van der Waals surface area contributed by atoms with E-state index in [1.54, 1.807) is 0 Å². The number of rotatable bonds is 2. The molecular formula is C14H21ClN2O. The van der Waals surface area contributed by atoms with Gasteiger partial charge in [-0.3, -0.25) is 0 Å². The summed E-state index contributed by atoms with van der Waals surface area (Å²) in [6.45, 7) is 10.8. The second-order valence-corrected chi connectivity index (χ2v) is 5.81. The second kappa shape index (κ2) is 5.06. The smallest absolute Gasteiger partial charge is 0.133 e. The van der Waals surface area contributed by atoms with Gasteiger partial charge in [-0.15, -0.1) is 11.6 Å². The number of ether oxygens (including phenoxy) is 1. The van der Waals surface area contributed by atoms with Gasteiger partial charge in [-0.05, 0) is 39.3 Å². The number of alkyl halides is 1. The van der Waals surface area contributed by atoms with Crippen LogP contribution in [0.15, 0.2) is 6.07 Å². The van der Waals surface area contributed by atoms with Gasteiger partial charge in [0.2, 0.25) is 0 Å². The molecule has 0 spiro atoms. The first-order valence-electron chi connectivity index (χ1n) is 6.35. The van der Waals surface area contributed by atoms with Gasteiger partial charge in [0.15, 0.2) is 0 Å². The number of pyridine rings is 1. The normalized spacial score (nSPS) is 19.1. The van der Waals surface area contributed by atoms with Crippen LogP contribution in [-0.4, -0.2) is 30.3 Å². The molecule has 1 aliphatic rings. The number of hydrogen-bond acceptors (Lipinski definition) is 3. The van der Waals surface area contributed by atoms with E-state index < -0.39 is 0 Å². The number of aromatic nitrogens is 1. The zero-order valence-corrected chi connectivity index (χ0v) is 12.3. The Morgan fingerprint density at radius 2 is 2.17 bits per heavy atom. The molecule has 3 nitrogen and oxygen atoms in total.